The van der Waals surface area contributed by atoms with E-state index in [0.717, 1.165) is 13.0 Å². The lowest BCUT2D eigenvalue weighted by atomic mass is 9.79. The summed E-state index contributed by atoms with van der Waals surface area (Å²) in [5.74, 6) is 0.0762. The number of carbonyl (C=O) groups is 2. The number of nitrogens with one attached hydrogen (secondary N) is 1. The summed E-state index contributed by atoms with van der Waals surface area (Å²) in [6, 6.07) is 0. The molecule has 2 rings (SSSR count). The molecule has 0 bridgehead atoms. The topological polar surface area (TPSA) is 58.6 Å². The van der Waals surface area contributed by atoms with Crippen LogP contribution in [-0.2, 0) is 9.53 Å². The number of rotatable bonds is 0. The standard InChI is InChI=1S/C11H18N2O3/c1-10(2,3)16-9(15)13-6-11(7-13)4-5-12-8(11)14/h4-7H2,1-3H3,(H,12,14). The first-order valence-electron chi connectivity index (χ1n) is 5.59. The molecule has 0 saturated carbocycles. The molecule has 2 fully saturated rings. The molecule has 1 N–H and O–H groups in total. The molecule has 2 heterocycles. The van der Waals surface area contributed by atoms with Crippen LogP contribution in [-0.4, -0.2) is 42.1 Å². The third kappa shape index (κ3) is 1.86. The van der Waals surface area contributed by atoms with E-state index in [0.29, 0.717) is 13.1 Å². The van der Waals surface area contributed by atoms with Crippen LogP contribution in [0.15, 0.2) is 0 Å². The molecule has 0 aromatic heterocycles. The molecule has 0 aromatic rings. The van der Waals surface area contributed by atoms with E-state index >= 15 is 0 Å². The Labute approximate surface area is 95.1 Å². The summed E-state index contributed by atoms with van der Waals surface area (Å²) in [7, 11) is 0. The fourth-order valence-corrected chi connectivity index (χ4v) is 2.16. The average molecular weight is 226 g/mol. The van der Waals surface area contributed by atoms with E-state index in [9.17, 15) is 9.59 Å². The van der Waals surface area contributed by atoms with Gasteiger partial charge in [-0.3, -0.25) is 4.79 Å². The first-order valence-corrected chi connectivity index (χ1v) is 5.59. The first kappa shape index (κ1) is 11.2. The average Bonchev–Trinajstić information content (AvgIpc) is 2.40. The van der Waals surface area contributed by atoms with Gasteiger partial charge in [0, 0.05) is 19.6 Å². The van der Waals surface area contributed by atoms with Gasteiger partial charge in [0.2, 0.25) is 5.91 Å². The van der Waals surface area contributed by atoms with Gasteiger partial charge in [-0.25, -0.2) is 4.79 Å². The Morgan fingerprint density at radius 2 is 2.06 bits per heavy atom. The van der Waals surface area contributed by atoms with E-state index in [1.807, 2.05) is 20.8 Å². The molecule has 0 atom stereocenters. The van der Waals surface area contributed by atoms with E-state index in [1.54, 1.807) is 4.90 Å². The van der Waals surface area contributed by atoms with Crippen molar-refractivity contribution < 1.29 is 14.3 Å². The normalized spacial score (nSPS) is 22.9. The largest absolute Gasteiger partial charge is 0.444 e. The van der Waals surface area contributed by atoms with Crippen molar-refractivity contribution in [1.82, 2.24) is 10.2 Å². The molecule has 2 saturated heterocycles. The Morgan fingerprint density at radius 1 is 1.44 bits per heavy atom. The lowest BCUT2D eigenvalue weighted by Crippen LogP contribution is -2.62. The van der Waals surface area contributed by atoms with Crippen LogP contribution in [0, 0.1) is 5.41 Å². The van der Waals surface area contributed by atoms with Gasteiger partial charge in [0.15, 0.2) is 0 Å². The van der Waals surface area contributed by atoms with Gasteiger partial charge in [0.1, 0.15) is 5.60 Å². The van der Waals surface area contributed by atoms with E-state index in [2.05, 4.69) is 5.32 Å². The van der Waals surface area contributed by atoms with Crippen molar-refractivity contribution in [2.24, 2.45) is 5.41 Å². The molecule has 2 aliphatic rings. The van der Waals surface area contributed by atoms with Crippen molar-refractivity contribution in [3.8, 4) is 0 Å². The highest BCUT2D eigenvalue weighted by Gasteiger charge is 2.53. The van der Waals surface area contributed by atoms with Gasteiger partial charge in [0.25, 0.3) is 0 Å². The number of hydrogen-bond acceptors (Lipinski definition) is 3. The van der Waals surface area contributed by atoms with Gasteiger partial charge in [0.05, 0.1) is 5.41 Å². The second-order valence-corrected chi connectivity index (χ2v) is 5.62. The summed E-state index contributed by atoms with van der Waals surface area (Å²) in [5.41, 5.74) is -0.797. The van der Waals surface area contributed by atoms with Gasteiger partial charge >= 0.3 is 6.09 Å². The van der Waals surface area contributed by atoms with Gasteiger partial charge in [-0.15, -0.1) is 0 Å². The van der Waals surface area contributed by atoms with Gasteiger partial charge in [-0.2, -0.15) is 0 Å². The summed E-state index contributed by atoms with van der Waals surface area (Å²) in [6.07, 6.45) is 0.503. The number of ether oxygens (including phenoxy) is 1. The summed E-state index contributed by atoms with van der Waals surface area (Å²) in [5, 5.41) is 2.80. The molecule has 0 aliphatic carbocycles. The molecule has 5 heteroatoms. The fourth-order valence-electron chi connectivity index (χ4n) is 2.16. The number of likely N-dealkylation sites (tertiary alicyclic amines) is 1. The molecule has 5 nitrogen and oxygen atoms in total. The summed E-state index contributed by atoms with van der Waals surface area (Å²) in [4.78, 5) is 24.8. The quantitative estimate of drug-likeness (QED) is 0.663. The van der Waals surface area contributed by atoms with Crippen molar-refractivity contribution in [1.29, 1.82) is 0 Å². The molecule has 2 amide bonds. The Bertz CT molecular complexity index is 327. The van der Waals surface area contributed by atoms with Crippen molar-refractivity contribution in [3.05, 3.63) is 0 Å². The van der Waals surface area contributed by atoms with Crippen molar-refractivity contribution in [2.45, 2.75) is 32.8 Å². The van der Waals surface area contributed by atoms with Crippen LogP contribution in [0.25, 0.3) is 0 Å². The van der Waals surface area contributed by atoms with Crippen molar-refractivity contribution in [2.75, 3.05) is 19.6 Å². The number of hydrogen-bond donors (Lipinski definition) is 1. The van der Waals surface area contributed by atoms with Crippen LogP contribution in [0.3, 0.4) is 0 Å². The maximum atomic E-state index is 11.7. The number of amides is 2. The van der Waals surface area contributed by atoms with E-state index in [-0.39, 0.29) is 17.4 Å². The highest BCUT2D eigenvalue weighted by Crippen LogP contribution is 2.37. The predicted octanol–water partition coefficient (Wildman–Crippen LogP) is 0.743. The second-order valence-electron chi connectivity index (χ2n) is 5.62. The summed E-state index contributed by atoms with van der Waals surface area (Å²) >= 11 is 0. The maximum absolute atomic E-state index is 11.7. The SMILES string of the molecule is CC(C)(C)OC(=O)N1CC2(CCNC2=O)C1. The molecule has 90 valence electrons. The Balaban J connectivity index is 1.88. The molecule has 16 heavy (non-hydrogen) atoms. The zero-order valence-corrected chi connectivity index (χ0v) is 10.0. The smallest absolute Gasteiger partial charge is 0.410 e. The Hall–Kier alpha value is -1.26. The van der Waals surface area contributed by atoms with Crippen LogP contribution >= 0.6 is 0 Å². The fraction of sp³-hybridized carbons (Fsp3) is 0.818. The van der Waals surface area contributed by atoms with Gasteiger partial charge < -0.3 is 15.0 Å². The minimum absolute atomic E-state index is 0.0762. The third-order valence-electron chi connectivity index (χ3n) is 3.01. The molecule has 1 spiro atoms. The lowest BCUT2D eigenvalue weighted by Gasteiger charge is -2.45. The molecule has 0 unspecified atom stereocenters. The van der Waals surface area contributed by atoms with Gasteiger partial charge in [-0.05, 0) is 27.2 Å². The van der Waals surface area contributed by atoms with Gasteiger partial charge in [-0.1, -0.05) is 0 Å². The summed E-state index contributed by atoms with van der Waals surface area (Å²) in [6.45, 7) is 7.22. The van der Waals surface area contributed by atoms with Crippen molar-refractivity contribution >= 4 is 12.0 Å². The lowest BCUT2D eigenvalue weighted by molar-refractivity contribution is -0.135. The Morgan fingerprint density at radius 3 is 2.50 bits per heavy atom. The number of carbonyl (C=O) groups excluding carboxylic acids is 2. The van der Waals surface area contributed by atoms with Crippen molar-refractivity contribution in [3.63, 3.8) is 0 Å². The zero-order valence-electron chi connectivity index (χ0n) is 10.0. The maximum Gasteiger partial charge on any atom is 0.410 e. The van der Waals surface area contributed by atoms with Crippen LogP contribution < -0.4 is 5.32 Å². The first-order chi connectivity index (χ1) is 7.32. The Kier molecular flexibility index (Phi) is 2.36. The molecule has 2 aliphatic heterocycles. The highest BCUT2D eigenvalue weighted by molar-refractivity contribution is 5.88. The van der Waals surface area contributed by atoms with Crippen LogP contribution in [0.1, 0.15) is 27.2 Å². The molecular weight excluding hydrogens is 208 g/mol. The van der Waals surface area contributed by atoms with Crippen LogP contribution in [0.5, 0.6) is 0 Å². The molecular formula is C11H18N2O3. The predicted molar refractivity (Wildman–Crippen MR) is 57.9 cm³/mol. The molecule has 0 aromatic carbocycles. The van der Waals surface area contributed by atoms with Crippen LogP contribution in [0.2, 0.25) is 0 Å². The second kappa shape index (κ2) is 3.37. The zero-order chi connectivity index (χ0) is 12.0. The minimum Gasteiger partial charge on any atom is -0.444 e. The third-order valence-corrected chi connectivity index (χ3v) is 3.01. The monoisotopic (exact) mass is 226 g/mol. The summed E-state index contributed by atoms with van der Waals surface area (Å²) < 4.78 is 5.23. The molecule has 0 radical (unpaired) electrons. The number of nitrogens with zero attached hydrogens (tertiary/aromatic N) is 1. The highest BCUT2D eigenvalue weighted by atomic mass is 16.6. The van der Waals surface area contributed by atoms with Crippen LogP contribution in [0.4, 0.5) is 4.79 Å². The van der Waals surface area contributed by atoms with E-state index in [1.165, 1.54) is 0 Å². The minimum atomic E-state index is -0.474. The van der Waals surface area contributed by atoms with E-state index < -0.39 is 5.60 Å². The van der Waals surface area contributed by atoms with E-state index in [4.69, 9.17) is 4.74 Å².